The summed E-state index contributed by atoms with van der Waals surface area (Å²) in [4.78, 5) is 37.8. The summed E-state index contributed by atoms with van der Waals surface area (Å²) >= 11 is 0. The third kappa shape index (κ3) is 45.1. The fourth-order valence-corrected chi connectivity index (χ4v) is 7.44. The average molecular weight is 805 g/mol. The molecule has 0 unspecified atom stereocenters. The van der Waals surface area contributed by atoms with Gasteiger partial charge in [-0.3, -0.25) is 14.4 Å². The molecule has 6 nitrogen and oxygen atoms in total. The van der Waals surface area contributed by atoms with Crippen LogP contribution in [-0.4, -0.2) is 37.2 Å². The fourth-order valence-electron chi connectivity index (χ4n) is 7.44. The highest BCUT2D eigenvalue weighted by Crippen LogP contribution is 2.16. The molecular weight excluding hydrogens is 709 g/mol. The number of carbonyl (C=O) groups excluding carboxylic acids is 3. The lowest BCUT2D eigenvalue weighted by Gasteiger charge is -2.18. The van der Waals surface area contributed by atoms with E-state index in [4.69, 9.17) is 14.2 Å². The predicted octanol–water partition coefficient (Wildman–Crippen LogP) is 16.2. The molecule has 0 amide bonds. The van der Waals surface area contributed by atoms with Crippen molar-refractivity contribution in [1.29, 1.82) is 0 Å². The molecule has 0 N–H and O–H groups in total. The molecule has 0 bridgehead atoms. The van der Waals surface area contributed by atoms with Crippen molar-refractivity contribution in [2.45, 2.75) is 284 Å². The summed E-state index contributed by atoms with van der Waals surface area (Å²) in [6.07, 6.45) is 50.4. The monoisotopic (exact) mass is 805 g/mol. The van der Waals surface area contributed by atoms with E-state index in [1.807, 2.05) is 0 Å². The summed E-state index contributed by atoms with van der Waals surface area (Å²) in [5, 5.41) is 0. The second-order valence-electron chi connectivity index (χ2n) is 17.1. The zero-order chi connectivity index (χ0) is 41.5. The van der Waals surface area contributed by atoms with Crippen molar-refractivity contribution >= 4 is 17.9 Å². The Kier molecular flexibility index (Phi) is 45.3. The van der Waals surface area contributed by atoms with Crippen LogP contribution in [0.15, 0.2) is 12.2 Å². The Labute approximate surface area is 354 Å². The first-order valence-electron chi connectivity index (χ1n) is 25.2. The molecule has 0 heterocycles. The highest BCUT2D eigenvalue weighted by molar-refractivity contribution is 5.71. The Morgan fingerprint density at radius 3 is 0.877 bits per heavy atom. The summed E-state index contributed by atoms with van der Waals surface area (Å²) < 4.78 is 16.8. The van der Waals surface area contributed by atoms with E-state index in [1.165, 1.54) is 173 Å². The zero-order valence-corrected chi connectivity index (χ0v) is 38.4. The zero-order valence-electron chi connectivity index (χ0n) is 38.4. The van der Waals surface area contributed by atoms with E-state index in [9.17, 15) is 14.4 Å². The third-order valence-corrected chi connectivity index (χ3v) is 11.3. The van der Waals surface area contributed by atoms with Crippen molar-refractivity contribution in [1.82, 2.24) is 0 Å². The van der Waals surface area contributed by atoms with Crippen LogP contribution in [0.3, 0.4) is 0 Å². The molecule has 0 fully saturated rings. The quantitative estimate of drug-likeness (QED) is 0.0264. The molecule has 57 heavy (non-hydrogen) atoms. The molecule has 0 rings (SSSR count). The summed E-state index contributed by atoms with van der Waals surface area (Å²) in [5.74, 6) is -0.863. The van der Waals surface area contributed by atoms with E-state index in [0.29, 0.717) is 19.3 Å². The molecule has 0 aliphatic rings. The first kappa shape index (κ1) is 55.2. The van der Waals surface area contributed by atoms with Crippen LogP contribution in [0.1, 0.15) is 278 Å². The largest absolute Gasteiger partial charge is 0.462 e. The van der Waals surface area contributed by atoms with Crippen molar-refractivity contribution in [3.63, 3.8) is 0 Å². The van der Waals surface area contributed by atoms with E-state index in [0.717, 1.165) is 64.2 Å². The van der Waals surface area contributed by atoms with Crippen LogP contribution in [0.4, 0.5) is 0 Å². The minimum absolute atomic E-state index is 0.0676. The van der Waals surface area contributed by atoms with E-state index >= 15 is 0 Å². The SMILES string of the molecule is CCCCCCCC/C=C\CCCCCCCC(=O)OC[C@H](COC(=O)CCCCCCCCCCCCC)OC(=O)CCCCCCCCCCCCCCC. The van der Waals surface area contributed by atoms with Crippen LogP contribution in [0.25, 0.3) is 0 Å². The number of allylic oxidation sites excluding steroid dienone is 2. The van der Waals surface area contributed by atoms with Gasteiger partial charge in [-0.15, -0.1) is 0 Å². The van der Waals surface area contributed by atoms with Gasteiger partial charge in [-0.05, 0) is 44.9 Å². The maximum absolute atomic E-state index is 12.8. The maximum Gasteiger partial charge on any atom is 0.306 e. The van der Waals surface area contributed by atoms with Gasteiger partial charge in [0.05, 0.1) is 0 Å². The summed E-state index contributed by atoms with van der Waals surface area (Å²) in [5.41, 5.74) is 0. The van der Waals surface area contributed by atoms with Gasteiger partial charge in [0.15, 0.2) is 6.10 Å². The van der Waals surface area contributed by atoms with Crippen LogP contribution >= 0.6 is 0 Å². The number of ether oxygens (including phenoxy) is 3. The van der Waals surface area contributed by atoms with Gasteiger partial charge in [0.2, 0.25) is 0 Å². The van der Waals surface area contributed by atoms with Gasteiger partial charge in [-0.2, -0.15) is 0 Å². The second kappa shape index (κ2) is 46.8. The number of hydrogen-bond acceptors (Lipinski definition) is 6. The van der Waals surface area contributed by atoms with Crippen LogP contribution in [0.2, 0.25) is 0 Å². The molecule has 0 aromatic rings. The Morgan fingerprint density at radius 2 is 0.579 bits per heavy atom. The van der Waals surface area contributed by atoms with Crippen LogP contribution < -0.4 is 0 Å². The minimum Gasteiger partial charge on any atom is -0.462 e. The topological polar surface area (TPSA) is 78.9 Å². The Bertz CT molecular complexity index is 885. The lowest BCUT2D eigenvalue weighted by atomic mass is 10.0. The lowest BCUT2D eigenvalue weighted by molar-refractivity contribution is -0.167. The molecule has 336 valence electrons. The standard InChI is InChI=1S/C51H96O6/c1-4-7-10-13-16-19-22-24-25-27-29-32-35-38-41-44-50(53)56-47-48(46-55-49(52)43-40-37-34-31-28-21-18-15-12-9-6-3)57-51(54)45-42-39-36-33-30-26-23-20-17-14-11-8-5-2/h24-25,48H,4-23,26-47H2,1-3H3/b25-24-/t48-/m0/s1. The van der Waals surface area contributed by atoms with Gasteiger partial charge in [0.25, 0.3) is 0 Å². The van der Waals surface area contributed by atoms with Crippen LogP contribution in [-0.2, 0) is 28.6 Å². The number of rotatable bonds is 46. The fraction of sp³-hybridized carbons (Fsp3) is 0.902. The molecule has 0 aromatic heterocycles. The van der Waals surface area contributed by atoms with Crippen molar-refractivity contribution in [2.24, 2.45) is 0 Å². The van der Waals surface area contributed by atoms with Gasteiger partial charge in [0.1, 0.15) is 13.2 Å². The molecule has 0 radical (unpaired) electrons. The first-order valence-corrected chi connectivity index (χ1v) is 25.2. The molecule has 1 atom stereocenters. The van der Waals surface area contributed by atoms with Crippen LogP contribution in [0, 0.1) is 0 Å². The molecule has 0 aliphatic carbocycles. The van der Waals surface area contributed by atoms with Crippen molar-refractivity contribution in [3.8, 4) is 0 Å². The van der Waals surface area contributed by atoms with Crippen molar-refractivity contribution in [3.05, 3.63) is 12.2 Å². The molecule has 0 saturated carbocycles. The van der Waals surface area contributed by atoms with Gasteiger partial charge >= 0.3 is 17.9 Å². The van der Waals surface area contributed by atoms with Gasteiger partial charge < -0.3 is 14.2 Å². The third-order valence-electron chi connectivity index (χ3n) is 11.3. The Morgan fingerprint density at radius 1 is 0.333 bits per heavy atom. The number of esters is 3. The van der Waals surface area contributed by atoms with E-state index in [1.54, 1.807) is 0 Å². The molecular formula is C51H96O6. The minimum atomic E-state index is -0.765. The second-order valence-corrected chi connectivity index (χ2v) is 17.1. The van der Waals surface area contributed by atoms with Crippen molar-refractivity contribution < 1.29 is 28.6 Å². The predicted molar refractivity (Wildman–Crippen MR) is 243 cm³/mol. The highest BCUT2D eigenvalue weighted by Gasteiger charge is 2.19. The summed E-state index contributed by atoms with van der Waals surface area (Å²) in [6.45, 7) is 6.64. The maximum atomic E-state index is 12.8. The van der Waals surface area contributed by atoms with Gasteiger partial charge in [0, 0.05) is 19.3 Å². The van der Waals surface area contributed by atoms with Gasteiger partial charge in [-0.25, -0.2) is 0 Å². The summed E-state index contributed by atoms with van der Waals surface area (Å²) in [6, 6.07) is 0. The smallest absolute Gasteiger partial charge is 0.306 e. The highest BCUT2D eigenvalue weighted by atomic mass is 16.6. The van der Waals surface area contributed by atoms with Crippen LogP contribution in [0.5, 0.6) is 0 Å². The molecule has 6 heteroatoms. The van der Waals surface area contributed by atoms with E-state index < -0.39 is 6.10 Å². The Balaban J connectivity index is 4.33. The normalized spacial score (nSPS) is 12.0. The summed E-state index contributed by atoms with van der Waals surface area (Å²) in [7, 11) is 0. The molecule has 0 aliphatic heterocycles. The lowest BCUT2D eigenvalue weighted by Crippen LogP contribution is -2.30. The van der Waals surface area contributed by atoms with Gasteiger partial charge in [-0.1, -0.05) is 226 Å². The first-order chi connectivity index (χ1) is 28.0. The van der Waals surface area contributed by atoms with Crippen molar-refractivity contribution in [2.75, 3.05) is 13.2 Å². The Hall–Kier alpha value is -1.85. The number of unbranched alkanes of at least 4 members (excludes halogenated alkanes) is 33. The number of carbonyl (C=O) groups is 3. The molecule has 0 aromatic carbocycles. The molecule has 0 saturated heterocycles. The number of hydrogen-bond donors (Lipinski definition) is 0. The average Bonchev–Trinajstić information content (AvgIpc) is 3.21. The van der Waals surface area contributed by atoms with E-state index in [2.05, 4.69) is 32.9 Å². The molecule has 0 spiro atoms. The van der Waals surface area contributed by atoms with E-state index in [-0.39, 0.29) is 31.1 Å².